The van der Waals surface area contributed by atoms with E-state index >= 15 is 0 Å². The summed E-state index contributed by atoms with van der Waals surface area (Å²) in [5.74, 6) is -0.407. The number of hydrogen-bond donors (Lipinski definition) is 0. The molecule has 0 radical (unpaired) electrons. The molecule has 2 bridgehead atoms. The first-order chi connectivity index (χ1) is 12.2. The Morgan fingerprint density at radius 1 is 1.16 bits per heavy atom. The number of hydrogen-bond acceptors (Lipinski definition) is 6. The molecule has 2 saturated heterocycles. The molecule has 0 aliphatic carbocycles. The molecular weight excluding hydrogens is 328 g/mol. The second kappa shape index (κ2) is 5.41. The molecule has 25 heavy (non-hydrogen) atoms. The highest BCUT2D eigenvalue weighted by molar-refractivity contribution is 5.64. The Bertz CT molecular complexity index is 943. The van der Waals surface area contributed by atoms with Crippen molar-refractivity contribution in [1.29, 1.82) is 0 Å². The van der Waals surface area contributed by atoms with Gasteiger partial charge in [0.15, 0.2) is 5.82 Å². The maximum atomic E-state index is 13.9. The Labute approximate surface area is 141 Å². The van der Waals surface area contributed by atoms with E-state index in [0.717, 1.165) is 43.2 Å². The van der Waals surface area contributed by atoms with Gasteiger partial charge in [-0.2, -0.15) is 0 Å². The minimum Gasteiger partial charge on any atom is -0.348 e. The molecular formula is C16H15F2N7. The van der Waals surface area contributed by atoms with Crippen LogP contribution in [0.15, 0.2) is 31.0 Å². The van der Waals surface area contributed by atoms with Crippen LogP contribution in [0.4, 0.5) is 14.6 Å². The van der Waals surface area contributed by atoms with E-state index in [1.54, 1.807) is 12.5 Å². The zero-order valence-electron chi connectivity index (χ0n) is 13.3. The quantitative estimate of drug-likeness (QED) is 0.714. The average molecular weight is 343 g/mol. The number of anilines is 1. The van der Waals surface area contributed by atoms with Crippen molar-refractivity contribution in [3.05, 3.63) is 48.3 Å². The van der Waals surface area contributed by atoms with Gasteiger partial charge in [-0.05, 0) is 6.42 Å². The highest BCUT2D eigenvalue weighted by atomic mass is 19.1. The van der Waals surface area contributed by atoms with Gasteiger partial charge in [0.1, 0.15) is 18.0 Å². The monoisotopic (exact) mass is 343 g/mol. The number of halogens is 2. The summed E-state index contributed by atoms with van der Waals surface area (Å²) >= 11 is 0. The van der Waals surface area contributed by atoms with Gasteiger partial charge in [-0.1, -0.05) is 0 Å². The molecule has 3 aromatic rings. The first-order valence-corrected chi connectivity index (χ1v) is 8.14. The third-order valence-corrected chi connectivity index (χ3v) is 5.06. The summed E-state index contributed by atoms with van der Waals surface area (Å²) in [6.07, 6.45) is 7.27. The summed E-state index contributed by atoms with van der Waals surface area (Å²) in [5, 5.41) is 8.09. The number of pyridine rings is 1. The second-order valence-electron chi connectivity index (χ2n) is 6.52. The van der Waals surface area contributed by atoms with Gasteiger partial charge < -0.3 is 4.90 Å². The highest BCUT2D eigenvalue weighted by Gasteiger charge is 2.44. The summed E-state index contributed by atoms with van der Waals surface area (Å²) < 4.78 is 28.7. The molecule has 2 fully saturated rings. The van der Waals surface area contributed by atoms with Crippen LogP contribution in [0.3, 0.4) is 0 Å². The van der Waals surface area contributed by atoms with E-state index < -0.39 is 11.6 Å². The number of rotatable bonds is 3. The summed E-state index contributed by atoms with van der Waals surface area (Å²) in [6, 6.07) is 1.48. The first-order valence-electron chi connectivity index (χ1n) is 8.14. The summed E-state index contributed by atoms with van der Waals surface area (Å²) in [7, 11) is 0. The minimum absolute atomic E-state index is 0.290. The van der Waals surface area contributed by atoms with Crippen molar-refractivity contribution >= 4 is 11.5 Å². The number of aromatic nitrogens is 5. The number of piperazine rings is 1. The number of nitrogens with zero attached hydrogens (tertiary/aromatic N) is 7. The molecule has 0 aromatic carbocycles. The summed E-state index contributed by atoms with van der Waals surface area (Å²) in [4.78, 5) is 12.8. The molecule has 2 aliphatic heterocycles. The van der Waals surface area contributed by atoms with Gasteiger partial charge in [-0.3, -0.25) is 14.3 Å². The van der Waals surface area contributed by atoms with Gasteiger partial charge in [-0.15, -0.1) is 10.2 Å². The fourth-order valence-electron chi connectivity index (χ4n) is 3.90. The van der Waals surface area contributed by atoms with Crippen LogP contribution in [-0.2, 0) is 6.54 Å². The SMILES string of the molecule is Fc1cnc(CN2CC3CC2CN3c2nccn3cnnc23)c(F)c1. The molecule has 0 N–H and O–H groups in total. The zero-order valence-corrected chi connectivity index (χ0v) is 13.3. The summed E-state index contributed by atoms with van der Waals surface area (Å²) in [6.45, 7) is 1.98. The van der Waals surface area contributed by atoms with Crippen LogP contribution in [0, 0.1) is 11.6 Å². The van der Waals surface area contributed by atoms with Gasteiger partial charge in [0.25, 0.3) is 0 Å². The van der Waals surface area contributed by atoms with Gasteiger partial charge >= 0.3 is 0 Å². The topological polar surface area (TPSA) is 62.5 Å². The summed E-state index contributed by atoms with van der Waals surface area (Å²) in [5.41, 5.74) is 1.03. The predicted molar refractivity (Wildman–Crippen MR) is 84.9 cm³/mol. The fourth-order valence-corrected chi connectivity index (χ4v) is 3.90. The Kier molecular flexibility index (Phi) is 3.17. The Hall–Kier alpha value is -2.68. The van der Waals surface area contributed by atoms with Crippen LogP contribution in [0.1, 0.15) is 12.1 Å². The Balaban J connectivity index is 1.36. The van der Waals surface area contributed by atoms with Crippen molar-refractivity contribution in [3.8, 4) is 0 Å². The van der Waals surface area contributed by atoms with E-state index in [9.17, 15) is 8.78 Å². The van der Waals surface area contributed by atoms with E-state index in [4.69, 9.17) is 0 Å². The normalized spacial score (nSPS) is 23.0. The van der Waals surface area contributed by atoms with E-state index in [0.29, 0.717) is 18.6 Å². The van der Waals surface area contributed by atoms with Crippen LogP contribution in [0.2, 0.25) is 0 Å². The molecule has 128 valence electrons. The zero-order chi connectivity index (χ0) is 17.0. The van der Waals surface area contributed by atoms with Gasteiger partial charge in [-0.25, -0.2) is 13.8 Å². The van der Waals surface area contributed by atoms with E-state index in [2.05, 4.69) is 30.0 Å². The van der Waals surface area contributed by atoms with E-state index in [1.807, 2.05) is 10.6 Å². The van der Waals surface area contributed by atoms with Crippen LogP contribution in [0.5, 0.6) is 0 Å². The van der Waals surface area contributed by atoms with Crippen molar-refractivity contribution in [3.63, 3.8) is 0 Å². The third-order valence-electron chi connectivity index (χ3n) is 5.06. The molecule has 0 saturated carbocycles. The molecule has 5 heterocycles. The molecule has 0 spiro atoms. The maximum Gasteiger partial charge on any atom is 0.203 e. The molecule has 9 heteroatoms. The Morgan fingerprint density at radius 2 is 2.08 bits per heavy atom. The third kappa shape index (κ3) is 2.34. The largest absolute Gasteiger partial charge is 0.348 e. The van der Waals surface area contributed by atoms with Gasteiger partial charge in [0.05, 0.1) is 11.9 Å². The molecule has 3 aromatic heterocycles. The molecule has 0 amide bonds. The minimum atomic E-state index is -0.650. The smallest absolute Gasteiger partial charge is 0.203 e. The molecule has 2 aliphatic rings. The van der Waals surface area contributed by atoms with Crippen molar-refractivity contribution < 1.29 is 8.78 Å². The fraction of sp³-hybridized carbons (Fsp3) is 0.375. The predicted octanol–water partition coefficient (Wildman–Crippen LogP) is 1.26. The van der Waals surface area contributed by atoms with Gasteiger partial charge in [0, 0.05) is 50.2 Å². The van der Waals surface area contributed by atoms with Crippen molar-refractivity contribution in [2.45, 2.75) is 25.0 Å². The number of fused-ring (bicyclic) bond motifs is 3. The van der Waals surface area contributed by atoms with Crippen LogP contribution in [0.25, 0.3) is 5.65 Å². The van der Waals surface area contributed by atoms with Crippen LogP contribution >= 0.6 is 0 Å². The van der Waals surface area contributed by atoms with E-state index in [1.165, 1.54) is 0 Å². The number of likely N-dealkylation sites (tertiary alicyclic amines) is 1. The molecule has 2 atom stereocenters. The van der Waals surface area contributed by atoms with Crippen LogP contribution in [-0.4, -0.2) is 54.6 Å². The lowest BCUT2D eigenvalue weighted by atomic mass is 10.2. The van der Waals surface area contributed by atoms with Crippen molar-refractivity contribution in [2.75, 3.05) is 18.0 Å². The molecule has 7 nitrogen and oxygen atoms in total. The van der Waals surface area contributed by atoms with Crippen molar-refractivity contribution in [1.82, 2.24) is 29.5 Å². The lowest BCUT2D eigenvalue weighted by Gasteiger charge is -2.34. The first kappa shape index (κ1) is 14.6. The second-order valence-corrected chi connectivity index (χ2v) is 6.52. The van der Waals surface area contributed by atoms with Crippen molar-refractivity contribution in [2.24, 2.45) is 0 Å². The molecule has 2 unspecified atom stereocenters. The lowest BCUT2D eigenvalue weighted by Crippen LogP contribution is -2.46. The average Bonchev–Trinajstić information content (AvgIpc) is 3.31. The molecule has 5 rings (SSSR count). The lowest BCUT2D eigenvalue weighted by molar-refractivity contribution is 0.224. The highest BCUT2D eigenvalue weighted by Crippen LogP contribution is 2.35. The van der Waals surface area contributed by atoms with Gasteiger partial charge in [0.2, 0.25) is 5.65 Å². The maximum absolute atomic E-state index is 13.9. The van der Waals surface area contributed by atoms with E-state index in [-0.39, 0.29) is 5.69 Å². The Morgan fingerprint density at radius 3 is 2.88 bits per heavy atom. The standard InChI is InChI=1S/C16H15F2N7/c17-10-3-13(18)14(20-5-10)8-24-6-12-4-11(24)7-25(12)15-16-22-21-9-23(16)2-1-19-15/h1-3,5,9,11-12H,4,6-8H2. The van der Waals surface area contributed by atoms with Crippen LogP contribution < -0.4 is 4.90 Å².